The summed E-state index contributed by atoms with van der Waals surface area (Å²) in [7, 11) is 0. The molecule has 1 aliphatic carbocycles. The highest BCUT2D eigenvalue weighted by Gasteiger charge is 2.33. The Balaban J connectivity index is 1.91. The maximum absolute atomic E-state index is 12.9. The lowest BCUT2D eigenvalue weighted by Gasteiger charge is -2.05. The summed E-state index contributed by atoms with van der Waals surface area (Å²) in [5.74, 6) is 0.990. The number of carbonyl (C=O) groups is 1. The molecule has 0 saturated heterocycles. The second-order valence-corrected chi connectivity index (χ2v) is 5.80. The molecule has 4 rings (SSSR count). The van der Waals surface area contributed by atoms with Gasteiger partial charge in [-0.1, -0.05) is 0 Å². The van der Waals surface area contributed by atoms with E-state index in [-0.39, 0.29) is 11.5 Å². The van der Waals surface area contributed by atoms with Gasteiger partial charge in [-0.25, -0.2) is 9.97 Å². The van der Waals surface area contributed by atoms with Crippen LogP contribution in [0.3, 0.4) is 0 Å². The molecule has 1 aromatic carbocycles. The molecule has 5 nitrogen and oxygen atoms in total. The third-order valence-corrected chi connectivity index (χ3v) is 3.94. The summed E-state index contributed by atoms with van der Waals surface area (Å²) in [6.45, 7) is 1.94. The number of carbonyl (C=O) groups excluding carboxylic acids is 1. The van der Waals surface area contributed by atoms with E-state index in [0.29, 0.717) is 23.0 Å². The Labute approximate surface area is 127 Å². The fraction of sp³-hybridized carbons (Fsp3) is 0.235. The van der Waals surface area contributed by atoms with Crippen LogP contribution in [0, 0.1) is 6.92 Å². The summed E-state index contributed by atoms with van der Waals surface area (Å²) >= 11 is 0. The zero-order valence-corrected chi connectivity index (χ0v) is 12.2. The van der Waals surface area contributed by atoms with Gasteiger partial charge >= 0.3 is 0 Å². The Kier molecular flexibility index (Phi) is 2.76. The van der Waals surface area contributed by atoms with E-state index in [0.717, 1.165) is 24.1 Å². The van der Waals surface area contributed by atoms with Gasteiger partial charge in [0.2, 0.25) is 11.6 Å². The molecule has 2 aromatic heterocycles. The molecule has 0 amide bonds. The second kappa shape index (κ2) is 4.66. The van der Waals surface area contributed by atoms with Crippen molar-refractivity contribution >= 4 is 11.6 Å². The highest BCUT2D eigenvalue weighted by atomic mass is 16.3. The molecule has 0 atom stereocenters. The van der Waals surface area contributed by atoms with Crippen LogP contribution in [-0.2, 0) is 0 Å². The van der Waals surface area contributed by atoms with Crippen LogP contribution in [0.5, 0.6) is 5.75 Å². The first kappa shape index (κ1) is 13.0. The molecule has 1 aliphatic rings. The van der Waals surface area contributed by atoms with Crippen LogP contribution in [0.2, 0.25) is 0 Å². The molecule has 5 heteroatoms. The van der Waals surface area contributed by atoms with Crippen molar-refractivity contribution < 1.29 is 9.90 Å². The number of hydrogen-bond donors (Lipinski definition) is 1. The van der Waals surface area contributed by atoms with Gasteiger partial charge in [0.1, 0.15) is 11.4 Å². The lowest BCUT2D eigenvalue weighted by atomic mass is 10.0. The normalized spacial score (nSPS) is 14.4. The summed E-state index contributed by atoms with van der Waals surface area (Å²) in [5, 5.41) is 9.39. The first-order valence-corrected chi connectivity index (χ1v) is 7.32. The Morgan fingerprint density at radius 3 is 2.68 bits per heavy atom. The summed E-state index contributed by atoms with van der Waals surface area (Å²) in [4.78, 5) is 21.8. The van der Waals surface area contributed by atoms with Crippen LogP contribution in [0.1, 0.15) is 46.1 Å². The van der Waals surface area contributed by atoms with Crippen molar-refractivity contribution in [2.45, 2.75) is 25.7 Å². The summed E-state index contributed by atoms with van der Waals surface area (Å²) in [6, 6.07) is 6.32. The Morgan fingerprint density at radius 2 is 2.00 bits per heavy atom. The molecular formula is C17H15N3O2. The minimum atomic E-state index is -0.0817. The molecule has 0 bridgehead atoms. The number of rotatable bonds is 3. The van der Waals surface area contributed by atoms with E-state index in [1.165, 1.54) is 12.1 Å². The van der Waals surface area contributed by atoms with Crippen LogP contribution >= 0.6 is 0 Å². The molecule has 22 heavy (non-hydrogen) atoms. The minimum absolute atomic E-state index is 0.0817. The van der Waals surface area contributed by atoms with E-state index < -0.39 is 0 Å². The standard InChI is InChI=1S/C17H15N3O2/c1-10-8-18-17-19-14(11-2-3-11)15(20(17)9-10)16(22)12-4-6-13(21)7-5-12/h4-9,11,21H,2-3H2,1H3. The van der Waals surface area contributed by atoms with Gasteiger partial charge in [0.25, 0.3) is 0 Å². The molecule has 2 heterocycles. The highest BCUT2D eigenvalue weighted by molar-refractivity contribution is 6.09. The first-order valence-electron chi connectivity index (χ1n) is 7.32. The van der Waals surface area contributed by atoms with Crippen molar-refractivity contribution in [3.63, 3.8) is 0 Å². The predicted molar refractivity (Wildman–Crippen MR) is 81.2 cm³/mol. The number of aryl methyl sites for hydroxylation is 1. The van der Waals surface area contributed by atoms with Gasteiger partial charge in [-0.15, -0.1) is 0 Å². The molecule has 1 saturated carbocycles. The number of ketones is 1. The molecule has 0 radical (unpaired) electrons. The molecule has 1 N–H and O–H groups in total. The number of phenolic OH excluding ortho intramolecular Hbond substituents is 1. The third-order valence-electron chi connectivity index (χ3n) is 3.94. The van der Waals surface area contributed by atoms with E-state index in [2.05, 4.69) is 9.97 Å². The fourth-order valence-electron chi connectivity index (χ4n) is 2.66. The number of benzene rings is 1. The van der Waals surface area contributed by atoms with Gasteiger partial charge in [-0.05, 0) is 49.6 Å². The molecular weight excluding hydrogens is 278 g/mol. The van der Waals surface area contributed by atoms with E-state index in [1.807, 2.05) is 13.1 Å². The first-order chi connectivity index (χ1) is 10.6. The van der Waals surface area contributed by atoms with Gasteiger partial charge in [-0.2, -0.15) is 0 Å². The smallest absolute Gasteiger partial charge is 0.234 e. The predicted octanol–water partition coefficient (Wildman–Crippen LogP) is 2.85. The van der Waals surface area contributed by atoms with E-state index in [1.54, 1.807) is 22.7 Å². The zero-order valence-electron chi connectivity index (χ0n) is 12.2. The van der Waals surface area contributed by atoms with Crippen molar-refractivity contribution in [3.05, 3.63) is 59.2 Å². The van der Waals surface area contributed by atoms with Crippen molar-refractivity contribution in [2.24, 2.45) is 0 Å². The molecule has 1 fully saturated rings. The lowest BCUT2D eigenvalue weighted by Crippen LogP contribution is -2.08. The third kappa shape index (κ3) is 2.06. The van der Waals surface area contributed by atoms with Crippen LogP contribution in [-0.4, -0.2) is 25.3 Å². The zero-order chi connectivity index (χ0) is 15.3. The Hall–Kier alpha value is -2.69. The number of nitrogens with zero attached hydrogens (tertiary/aromatic N) is 3. The Morgan fingerprint density at radius 1 is 1.27 bits per heavy atom. The molecule has 110 valence electrons. The monoisotopic (exact) mass is 293 g/mol. The summed E-state index contributed by atoms with van der Waals surface area (Å²) in [6.07, 6.45) is 5.79. The van der Waals surface area contributed by atoms with Crippen molar-refractivity contribution in [3.8, 4) is 5.75 Å². The quantitative estimate of drug-likeness (QED) is 0.754. The molecule has 0 spiro atoms. The number of hydrogen-bond acceptors (Lipinski definition) is 4. The van der Waals surface area contributed by atoms with Gasteiger partial charge < -0.3 is 5.11 Å². The Bertz CT molecular complexity index is 877. The van der Waals surface area contributed by atoms with E-state index in [4.69, 9.17) is 0 Å². The van der Waals surface area contributed by atoms with Gasteiger partial charge in [0.15, 0.2) is 0 Å². The largest absolute Gasteiger partial charge is 0.508 e. The summed E-state index contributed by atoms with van der Waals surface area (Å²) in [5.41, 5.74) is 2.96. The number of aromatic nitrogens is 3. The second-order valence-electron chi connectivity index (χ2n) is 5.80. The van der Waals surface area contributed by atoms with Crippen LogP contribution < -0.4 is 0 Å². The summed E-state index contributed by atoms with van der Waals surface area (Å²) < 4.78 is 1.79. The van der Waals surface area contributed by atoms with Crippen LogP contribution in [0.25, 0.3) is 5.78 Å². The highest BCUT2D eigenvalue weighted by Crippen LogP contribution is 2.41. The molecule has 0 unspecified atom stereocenters. The van der Waals surface area contributed by atoms with Crippen molar-refractivity contribution in [1.29, 1.82) is 0 Å². The van der Waals surface area contributed by atoms with E-state index in [9.17, 15) is 9.90 Å². The number of aromatic hydroxyl groups is 1. The van der Waals surface area contributed by atoms with E-state index >= 15 is 0 Å². The maximum Gasteiger partial charge on any atom is 0.234 e. The molecule has 0 aliphatic heterocycles. The van der Waals surface area contributed by atoms with Crippen LogP contribution in [0.4, 0.5) is 0 Å². The van der Waals surface area contributed by atoms with Crippen LogP contribution in [0.15, 0.2) is 36.7 Å². The maximum atomic E-state index is 12.9. The fourth-order valence-corrected chi connectivity index (χ4v) is 2.66. The van der Waals surface area contributed by atoms with Gasteiger partial charge in [0.05, 0.1) is 5.69 Å². The van der Waals surface area contributed by atoms with Gasteiger partial charge in [0, 0.05) is 23.9 Å². The van der Waals surface area contributed by atoms with Crippen molar-refractivity contribution in [1.82, 2.24) is 14.4 Å². The average Bonchev–Trinajstić information content (AvgIpc) is 3.28. The number of imidazole rings is 1. The number of fused-ring (bicyclic) bond motifs is 1. The topological polar surface area (TPSA) is 67.5 Å². The molecule has 3 aromatic rings. The van der Waals surface area contributed by atoms with Crippen molar-refractivity contribution in [2.75, 3.05) is 0 Å². The van der Waals surface area contributed by atoms with Gasteiger partial charge in [-0.3, -0.25) is 9.20 Å². The number of phenols is 1. The minimum Gasteiger partial charge on any atom is -0.508 e. The average molecular weight is 293 g/mol. The SMILES string of the molecule is Cc1cnc2nc(C3CC3)c(C(=O)c3ccc(O)cc3)n2c1. The lowest BCUT2D eigenvalue weighted by molar-refractivity contribution is 0.103.